The molecule has 4 nitrogen and oxygen atoms in total. The molecule has 0 radical (unpaired) electrons. The van der Waals surface area contributed by atoms with Gasteiger partial charge in [0.2, 0.25) is 5.91 Å². The quantitative estimate of drug-likeness (QED) is 0.783. The molecule has 1 aromatic carbocycles. The van der Waals surface area contributed by atoms with Crippen LogP contribution in [-0.2, 0) is 9.53 Å². The van der Waals surface area contributed by atoms with E-state index in [1.165, 1.54) is 18.5 Å². The van der Waals surface area contributed by atoms with Crippen LogP contribution >= 0.6 is 0 Å². The first-order valence-corrected chi connectivity index (χ1v) is 7.94. The van der Waals surface area contributed by atoms with Gasteiger partial charge in [0.25, 0.3) is 0 Å². The topological polar surface area (TPSA) is 41.6 Å². The van der Waals surface area contributed by atoms with Crippen LogP contribution in [-0.4, -0.2) is 32.2 Å². The highest BCUT2D eigenvalue weighted by Crippen LogP contribution is 2.25. The van der Waals surface area contributed by atoms with E-state index in [1.54, 1.807) is 0 Å². The molecule has 21 heavy (non-hydrogen) atoms. The number of carbonyl (C=O) groups is 1. The van der Waals surface area contributed by atoms with E-state index < -0.39 is 0 Å². The van der Waals surface area contributed by atoms with Crippen LogP contribution in [0.2, 0.25) is 0 Å². The van der Waals surface area contributed by atoms with Gasteiger partial charge in [-0.05, 0) is 56.9 Å². The Morgan fingerprint density at radius 1 is 1.33 bits per heavy atom. The maximum atomic E-state index is 11.9. The molecular formula is C17H26N2O2. The van der Waals surface area contributed by atoms with Gasteiger partial charge in [-0.25, -0.2) is 0 Å². The molecule has 1 heterocycles. The molecule has 1 N–H and O–H groups in total. The number of nitrogens with one attached hydrogen (secondary N) is 1. The number of carbonyl (C=O) groups excluding carboxylic acids is 1. The third-order valence-corrected chi connectivity index (χ3v) is 3.85. The summed E-state index contributed by atoms with van der Waals surface area (Å²) in [5, 5.41) is 2.99. The van der Waals surface area contributed by atoms with Gasteiger partial charge in [0, 0.05) is 44.1 Å². The normalized spacial score (nSPS) is 14.5. The highest BCUT2D eigenvalue weighted by Gasteiger charge is 2.13. The van der Waals surface area contributed by atoms with Crippen LogP contribution in [0.1, 0.15) is 38.2 Å². The zero-order valence-corrected chi connectivity index (χ0v) is 13.2. The van der Waals surface area contributed by atoms with Gasteiger partial charge in [0.15, 0.2) is 0 Å². The number of ether oxygens (including phenoxy) is 1. The zero-order valence-electron chi connectivity index (χ0n) is 13.2. The van der Waals surface area contributed by atoms with Crippen LogP contribution in [0.15, 0.2) is 18.2 Å². The number of rotatable bonds is 7. The lowest BCUT2D eigenvalue weighted by molar-refractivity contribution is -0.116. The van der Waals surface area contributed by atoms with Crippen molar-refractivity contribution >= 4 is 17.3 Å². The molecule has 4 heteroatoms. The Labute approximate surface area is 127 Å². The van der Waals surface area contributed by atoms with E-state index >= 15 is 0 Å². The fourth-order valence-corrected chi connectivity index (χ4v) is 2.65. The van der Waals surface area contributed by atoms with Crippen LogP contribution in [0.5, 0.6) is 0 Å². The van der Waals surface area contributed by atoms with Gasteiger partial charge in [0.1, 0.15) is 0 Å². The average Bonchev–Trinajstić information content (AvgIpc) is 3.00. The van der Waals surface area contributed by atoms with Gasteiger partial charge in [0.05, 0.1) is 0 Å². The third kappa shape index (κ3) is 4.74. The van der Waals surface area contributed by atoms with E-state index in [0.29, 0.717) is 19.6 Å². The van der Waals surface area contributed by atoms with Crippen LogP contribution in [0.4, 0.5) is 11.4 Å². The van der Waals surface area contributed by atoms with Crippen molar-refractivity contribution in [2.45, 2.75) is 39.5 Å². The lowest BCUT2D eigenvalue weighted by Gasteiger charge is -2.19. The molecule has 0 saturated carbocycles. The maximum Gasteiger partial charge on any atom is 0.224 e. The first kappa shape index (κ1) is 15.8. The number of hydrogen-bond acceptors (Lipinski definition) is 3. The van der Waals surface area contributed by atoms with Gasteiger partial charge in [-0.1, -0.05) is 0 Å². The van der Waals surface area contributed by atoms with Crippen molar-refractivity contribution in [1.29, 1.82) is 0 Å². The standard InChI is InChI=1S/C17H26N2O2/c1-3-21-12-6-7-17(20)18-16-9-8-15(13-14(16)2)19-10-4-5-11-19/h8-9,13H,3-7,10-12H2,1-2H3,(H,18,20). The Kier molecular flexibility index (Phi) is 6.05. The Hall–Kier alpha value is -1.55. The summed E-state index contributed by atoms with van der Waals surface area (Å²) in [5.41, 5.74) is 3.30. The molecule has 1 aromatic rings. The average molecular weight is 290 g/mol. The lowest BCUT2D eigenvalue weighted by atomic mass is 10.1. The van der Waals surface area contributed by atoms with Crippen molar-refractivity contribution in [2.75, 3.05) is 36.5 Å². The van der Waals surface area contributed by atoms with E-state index in [0.717, 1.165) is 30.8 Å². The molecule has 0 aromatic heterocycles. The first-order valence-electron chi connectivity index (χ1n) is 7.94. The van der Waals surface area contributed by atoms with E-state index in [2.05, 4.69) is 29.3 Å². The van der Waals surface area contributed by atoms with Gasteiger partial charge in [-0.2, -0.15) is 0 Å². The summed E-state index contributed by atoms with van der Waals surface area (Å²) in [5.74, 6) is 0.0618. The lowest BCUT2D eigenvalue weighted by Crippen LogP contribution is -2.18. The van der Waals surface area contributed by atoms with E-state index in [1.807, 2.05) is 13.0 Å². The molecule has 1 amide bonds. The molecule has 0 aliphatic carbocycles. The van der Waals surface area contributed by atoms with Crippen molar-refractivity contribution in [3.8, 4) is 0 Å². The zero-order chi connectivity index (χ0) is 15.1. The number of nitrogens with zero attached hydrogens (tertiary/aromatic N) is 1. The number of amides is 1. The van der Waals surface area contributed by atoms with Crippen LogP contribution in [0, 0.1) is 6.92 Å². The second-order valence-electron chi connectivity index (χ2n) is 5.54. The summed E-state index contributed by atoms with van der Waals surface area (Å²) in [6.07, 6.45) is 3.83. The maximum absolute atomic E-state index is 11.9. The molecule has 0 unspecified atom stereocenters. The molecule has 1 fully saturated rings. The fraction of sp³-hybridized carbons (Fsp3) is 0.588. The summed E-state index contributed by atoms with van der Waals surface area (Å²) in [7, 11) is 0. The fourth-order valence-electron chi connectivity index (χ4n) is 2.65. The molecule has 0 atom stereocenters. The molecule has 0 spiro atoms. The van der Waals surface area contributed by atoms with Crippen LogP contribution in [0.3, 0.4) is 0 Å². The van der Waals surface area contributed by atoms with E-state index in [4.69, 9.17) is 4.74 Å². The first-order chi connectivity index (χ1) is 10.2. The van der Waals surface area contributed by atoms with Crippen molar-refractivity contribution in [2.24, 2.45) is 0 Å². The van der Waals surface area contributed by atoms with E-state index in [-0.39, 0.29) is 5.91 Å². The molecule has 1 aliphatic rings. The number of benzene rings is 1. The highest BCUT2D eigenvalue weighted by molar-refractivity contribution is 5.91. The third-order valence-electron chi connectivity index (χ3n) is 3.85. The Morgan fingerprint density at radius 3 is 2.76 bits per heavy atom. The number of aryl methyl sites for hydroxylation is 1. The molecular weight excluding hydrogens is 264 g/mol. The van der Waals surface area contributed by atoms with Gasteiger partial charge in [-0.15, -0.1) is 0 Å². The van der Waals surface area contributed by atoms with Crippen molar-refractivity contribution < 1.29 is 9.53 Å². The predicted octanol–water partition coefficient (Wildman–Crippen LogP) is 3.35. The van der Waals surface area contributed by atoms with Crippen LogP contribution in [0.25, 0.3) is 0 Å². The predicted molar refractivity (Wildman–Crippen MR) is 87.0 cm³/mol. The minimum atomic E-state index is 0.0618. The second-order valence-corrected chi connectivity index (χ2v) is 5.54. The molecule has 0 bridgehead atoms. The smallest absolute Gasteiger partial charge is 0.224 e. The highest BCUT2D eigenvalue weighted by atomic mass is 16.5. The Morgan fingerprint density at radius 2 is 2.10 bits per heavy atom. The minimum absolute atomic E-state index is 0.0618. The summed E-state index contributed by atoms with van der Waals surface area (Å²) in [6, 6.07) is 6.29. The van der Waals surface area contributed by atoms with Crippen molar-refractivity contribution in [3.05, 3.63) is 23.8 Å². The minimum Gasteiger partial charge on any atom is -0.382 e. The largest absolute Gasteiger partial charge is 0.382 e. The summed E-state index contributed by atoms with van der Waals surface area (Å²) in [4.78, 5) is 14.3. The van der Waals surface area contributed by atoms with Crippen molar-refractivity contribution in [1.82, 2.24) is 0 Å². The SMILES string of the molecule is CCOCCCC(=O)Nc1ccc(N2CCCC2)cc1C. The van der Waals surface area contributed by atoms with Gasteiger partial charge < -0.3 is 15.0 Å². The summed E-state index contributed by atoms with van der Waals surface area (Å²) >= 11 is 0. The number of hydrogen-bond donors (Lipinski definition) is 1. The van der Waals surface area contributed by atoms with Crippen molar-refractivity contribution in [3.63, 3.8) is 0 Å². The van der Waals surface area contributed by atoms with E-state index in [9.17, 15) is 4.79 Å². The summed E-state index contributed by atoms with van der Waals surface area (Å²) in [6.45, 7) is 7.65. The van der Waals surface area contributed by atoms with Gasteiger partial charge >= 0.3 is 0 Å². The monoisotopic (exact) mass is 290 g/mol. The van der Waals surface area contributed by atoms with Crippen LogP contribution < -0.4 is 10.2 Å². The second kappa shape index (κ2) is 8.03. The molecule has 116 valence electrons. The molecule has 1 aliphatic heterocycles. The Balaban J connectivity index is 1.86. The molecule has 1 saturated heterocycles. The molecule has 2 rings (SSSR count). The van der Waals surface area contributed by atoms with Gasteiger partial charge in [-0.3, -0.25) is 4.79 Å². The Bertz CT molecular complexity index is 468. The summed E-state index contributed by atoms with van der Waals surface area (Å²) < 4.78 is 5.25. The number of anilines is 2.